The third kappa shape index (κ3) is 1.85. The topological polar surface area (TPSA) is 41.6 Å². The van der Waals surface area contributed by atoms with Crippen LogP contribution in [0.25, 0.3) is 4.91 Å². The SMILES string of the molecule is N#CC1=C[SH](n2cccc2)C(c2ccccn2)=C1. The van der Waals surface area contributed by atoms with E-state index in [0.29, 0.717) is 0 Å². The summed E-state index contributed by atoms with van der Waals surface area (Å²) in [6.07, 6.45) is 7.77. The largest absolute Gasteiger partial charge is 0.312 e. The van der Waals surface area contributed by atoms with Crippen LogP contribution in [0.1, 0.15) is 5.69 Å². The highest BCUT2D eigenvalue weighted by Gasteiger charge is 2.19. The fourth-order valence-corrected chi connectivity index (χ4v) is 3.88. The molecule has 2 aromatic heterocycles. The van der Waals surface area contributed by atoms with Crippen molar-refractivity contribution < 1.29 is 0 Å². The molecule has 0 amide bonds. The highest BCUT2D eigenvalue weighted by atomic mass is 32.2. The van der Waals surface area contributed by atoms with E-state index in [1.165, 1.54) is 0 Å². The van der Waals surface area contributed by atoms with Crippen LogP contribution in [0.4, 0.5) is 0 Å². The fraction of sp³-hybridized carbons (Fsp3) is 0. The number of hydrogen-bond donors (Lipinski definition) is 1. The van der Waals surface area contributed by atoms with Crippen molar-refractivity contribution in [3.8, 4) is 6.07 Å². The van der Waals surface area contributed by atoms with Crippen molar-refractivity contribution in [2.45, 2.75) is 0 Å². The lowest BCUT2D eigenvalue weighted by molar-refractivity contribution is 1.27. The quantitative estimate of drug-likeness (QED) is 0.835. The molecule has 1 atom stereocenters. The first-order valence-electron chi connectivity index (χ1n) is 5.56. The number of pyridine rings is 1. The van der Waals surface area contributed by atoms with Crippen molar-refractivity contribution in [1.82, 2.24) is 8.96 Å². The molecule has 3 rings (SSSR count). The lowest BCUT2D eigenvalue weighted by Gasteiger charge is -2.19. The van der Waals surface area contributed by atoms with Gasteiger partial charge in [0, 0.05) is 23.5 Å². The molecule has 3 heterocycles. The van der Waals surface area contributed by atoms with Gasteiger partial charge in [0.2, 0.25) is 0 Å². The van der Waals surface area contributed by atoms with Crippen molar-refractivity contribution in [3.63, 3.8) is 0 Å². The number of nitrogens with zero attached hydrogens (tertiary/aromatic N) is 3. The Morgan fingerprint density at radius 2 is 2.00 bits per heavy atom. The van der Waals surface area contributed by atoms with E-state index < -0.39 is 11.1 Å². The standard InChI is InChI=1S/C14H11N3S/c15-10-12-9-14(13-5-1-2-6-16-13)18(11-12)17-7-3-4-8-17/h1-9,11,18H. The van der Waals surface area contributed by atoms with Gasteiger partial charge in [-0.05, 0) is 35.7 Å². The highest BCUT2D eigenvalue weighted by Crippen LogP contribution is 2.49. The van der Waals surface area contributed by atoms with Crippen LogP contribution in [-0.2, 0) is 0 Å². The molecule has 1 aliphatic rings. The Kier molecular flexibility index (Phi) is 2.75. The van der Waals surface area contributed by atoms with Gasteiger partial charge in [-0.3, -0.25) is 4.98 Å². The highest BCUT2D eigenvalue weighted by molar-refractivity contribution is 8.26. The van der Waals surface area contributed by atoms with Gasteiger partial charge in [-0.1, -0.05) is 6.07 Å². The van der Waals surface area contributed by atoms with Crippen LogP contribution < -0.4 is 0 Å². The zero-order chi connectivity index (χ0) is 12.4. The number of thiol groups is 1. The normalized spacial score (nSPS) is 20.1. The van der Waals surface area contributed by atoms with Crippen molar-refractivity contribution in [3.05, 3.63) is 71.7 Å². The van der Waals surface area contributed by atoms with Crippen LogP contribution in [0.5, 0.6) is 0 Å². The van der Waals surface area contributed by atoms with E-state index in [-0.39, 0.29) is 0 Å². The van der Waals surface area contributed by atoms with Crippen LogP contribution in [0, 0.1) is 11.3 Å². The molecule has 3 nitrogen and oxygen atoms in total. The maximum absolute atomic E-state index is 9.06. The average Bonchev–Trinajstić information content (AvgIpc) is 3.08. The van der Waals surface area contributed by atoms with Gasteiger partial charge in [0.1, 0.15) is 0 Å². The molecule has 18 heavy (non-hydrogen) atoms. The minimum atomic E-state index is -0.657. The van der Waals surface area contributed by atoms with Crippen LogP contribution >= 0.6 is 11.1 Å². The molecule has 1 unspecified atom stereocenters. The summed E-state index contributed by atoms with van der Waals surface area (Å²) in [5, 5.41) is 11.1. The van der Waals surface area contributed by atoms with Gasteiger partial charge in [0.15, 0.2) is 0 Å². The van der Waals surface area contributed by atoms with Crippen molar-refractivity contribution in [1.29, 1.82) is 5.26 Å². The van der Waals surface area contributed by atoms with Crippen molar-refractivity contribution >= 4 is 16.0 Å². The molecule has 0 N–H and O–H groups in total. The Bertz CT molecular complexity index is 648. The van der Waals surface area contributed by atoms with Gasteiger partial charge in [-0.15, -0.1) is 11.1 Å². The Hall–Kier alpha value is -2.25. The Morgan fingerprint density at radius 1 is 1.17 bits per heavy atom. The third-order valence-corrected chi connectivity index (χ3v) is 4.83. The van der Waals surface area contributed by atoms with E-state index >= 15 is 0 Å². The lowest BCUT2D eigenvalue weighted by Crippen LogP contribution is -1.93. The van der Waals surface area contributed by atoms with Crippen LogP contribution in [0.3, 0.4) is 0 Å². The first-order valence-corrected chi connectivity index (χ1v) is 6.92. The summed E-state index contributed by atoms with van der Waals surface area (Å²) >= 11 is -0.657. The molecular weight excluding hydrogens is 242 g/mol. The molecule has 0 spiro atoms. The predicted octanol–water partition coefficient (Wildman–Crippen LogP) is 3.11. The fourth-order valence-electron chi connectivity index (χ4n) is 1.88. The minimum Gasteiger partial charge on any atom is -0.312 e. The van der Waals surface area contributed by atoms with E-state index in [9.17, 15) is 0 Å². The first kappa shape index (κ1) is 10.9. The van der Waals surface area contributed by atoms with E-state index in [4.69, 9.17) is 5.26 Å². The molecule has 88 valence electrons. The summed E-state index contributed by atoms with van der Waals surface area (Å²) in [6.45, 7) is 0. The second-order valence-corrected chi connectivity index (χ2v) is 5.74. The molecule has 1 aliphatic heterocycles. The first-order chi connectivity index (χ1) is 8.88. The summed E-state index contributed by atoms with van der Waals surface area (Å²) in [5.74, 6) is 0. The maximum Gasteiger partial charge on any atom is 0.0997 e. The molecule has 0 saturated carbocycles. The minimum absolute atomic E-state index is 0.657. The van der Waals surface area contributed by atoms with Crippen molar-refractivity contribution in [2.75, 3.05) is 0 Å². The lowest BCUT2D eigenvalue weighted by atomic mass is 10.2. The van der Waals surface area contributed by atoms with Crippen LogP contribution in [-0.4, -0.2) is 8.96 Å². The monoisotopic (exact) mass is 253 g/mol. The molecule has 2 aromatic rings. The number of allylic oxidation sites excluding steroid dienone is 2. The summed E-state index contributed by atoms with van der Waals surface area (Å²) in [4.78, 5) is 5.50. The maximum atomic E-state index is 9.06. The molecule has 0 aromatic carbocycles. The molecule has 0 bridgehead atoms. The summed E-state index contributed by atoms with van der Waals surface area (Å²) in [7, 11) is 0. The Morgan fingerprint density at radius 3 is 2.67 bits per heavy atom. The Labute approximate surface area is 108 Å². The molecule has 4 heteroatoms. The third-order valence-electron chi connectivity index (χ3n) is 2.69. The van der Waals surface area contributed by atoms with Crippen LogP contribution in [0.2, 0.25) is 0 Å². The van der Waals surface area contributed by atoms with Gasteiger partial charge >= 0.3 is 0 Å². The summed E-state index contributed by atoms with van der Waals surface area (Å²) in [6, 6.07) is 12.1. The molecule has 0 radical (unpaired) electrons. The van der Waals surface area contributed by atoms with Gasteiger partial charge < -0.3 is 3.97 Å². The molecular formula is C14H11N3S. The van der Waals surface area contributed by atoms with Crippen molar-refractivity contribution in [2.24, 2.45) is 0 Å². The average molecular weight is 253 g/mol. The Balaban J connectivity index is 2.06. The predicted molar refractivity (Wildman–Crippen MR) is 74.7 cm³/mol. The molecule has 0 aliphatic carbocycles. The zero-order valence-electron chi connectivity index (χ0n) is 9.56. The molecule has 0 fully saturated rings. The summed E-state index contributed by atoms with van der Waals surface area (Å²) in [5.41, 5.74) is 1.66. The number of hydrogen-bond acceptors (Lipinski definition) is 2. The summed E-state index contributed by atoms with van der Waals surface area (Å²) < 4.78 is 2.14. The van der Waals surface area contributed by atoms with E-state index in [2.05, 4.69) is 15.0 Å². The number of nitriles is 1. The van der Waals surface area contributed by atoms with Gasteiger partial charge in [-0.25, -0.2) is 0 Å². The number of rotatable bonds is 2. The van der Waals surface area contributed by atoms with Gasteiger partial charge in [-0.2, -0.15) is 5.26 Å². The second-order valence-electron chi connectivity index (χ2n) is 3.85. The van der Waals surface area contributed by atoms with E-state index in [1.807, 2.05) is 54.2 Å². The second kappa shape index (κ2) is 4.55. The van der Waals surface area contributed by atoms with Crippen LogP contribution in [0.15, 0.2) is 66.0 Å². The smallest absolute Gasteiger partial charge is 0.0997 e. The van der Waals surface area contributed by atoms with E-state index in [1.54, 1.807) is 6.20 Å². The van der Waals surface area contributed by atoms with Gasteiger partial charge in [0.25, 0.3) is 0 Å². The number of aromatic nitrogens is 2. The zero-order valence-corrected chi connectivity index (χ0v) is 10.5. The molecule has 0 saturated heterocycles. The van der Waals surface area contributed by atoms with E-state index in [0.717, 1.165) is 16.2 Å². The van der Waals surface area contributed by atoms with Gasteiger partial charge in [0.05, 0.1) is 17.3 Å².